The van der Waals surface area contributed by atoms with Crippen molar-refractivity contribution in [2.45, 2.75) is 6.54 Å². The second-order valence-corrected chi connectivity index (χ2v) is 5.97. The van der Waals surface area contributed by atoms with Gasteiger partial charge in [0.05, 0.1) is 18.4 Å². The number of nitrogens with zero attached hydrogens (tertiary/aromatic N) is 3. The summed E-state index contributed by atoms with van der Waals surface area (Å²) in [7, 11) is 0. The number of carbonyl (C=O) groups is 1. The Morgan fingerprint density at radius 1 is 1.08 bits per heavy atom. The van der Waals surface area contributed by atoms with Crippen LogP contribution >= 0.6 is 23.2 Å². The molecule has 3 aromatic rings. The summed E-state index contributed by atoms with van der Waals surface area (Å²) in [4.78, 5) is 16.2. The second kappa shape index (κ2) is 7.96. The van der Waals surface area contributed by atoms with Crippen LogP contribution in [0.1, 0.15) is 11.3 Å². The lowest BCUT2D eigenvalue weighted by Gasteiger charge is -2.10. The van der Waals surface area contributed by atoms with Crippen molar-refractivity contribution >= 4 is 41.0 Å². The SMILES string of the molecule is O=C(C=Cc1ccccn1)Nc1ccnn1Cc1c(Cl)cccc1Cl. The van der Waals surface area contributed by atoms with Crippen LogP contribution in [0, 0.1) is 0 Å². The Hall–Kier alpha value is -2.63. The summed E-state index contributed by atoms with van der Waals surface area (Å²) < 4.78 is 1.62. The number of rotatable bonds is 5. The number of amides is 1. The van der Waals surface area contributed by atoms with Crippen LogP contribution in [0.3, 0.4) is 0 Å². The van der Waals surface area contributed by atoms with Gasteiger partial charge >= 0.3 is 0 Å². The molecule has 0 unspecified atom stereocenters. The van der Waals surface area contributed by atoms with Gasteiger partial charge in [0.1, 0.15) is 5.82 Å². The molecule has 2 aromatic heterocycles. The average Bonchev–Trinajstić information content (AvgIpc) is 3.04. The Morgan fingerprint density at radius 3 is 2.60 bits per heavy atom. The van der Waals surface area contributed by atoms with E-state index in [2.05, 4.69) is 15.4 Å². The van der Waals surface area contributed by atoms with Gasteiger partial charge in [0.2, 0.25) is 5.91 Å². The monoisotopic (exact) mass is 372 g/mol. The first-order valence-electron chi connectivity index (χ1n) is 7.48. The minimum absolute atomic E-state index is 0.280. The molecule has 0 radical (unpaired) electrons. The third-order valence-electron chi connectivity index (χ3n) is 3.43. The molecule has 0 aliphatic rings. The summed E-state index contributed by atoms with van der Waals surface area (Å²) in [6.45, 7) is 0.352. The van der Waals surface area contributed by atoms with Crippen molar-refractivity contribution in [2.24, 2.45) is 0 Å². The summed E-state index contributed by atoms with van der Waals surface area (Å²) in [6, 6.07) is 12.5. The number of halogens is 2. The van der Waals surface area contributed by atoms with Crippen LogP contribution in [0.2, 0.25) is 10.0 Å². The van der Waals surface area contributed by atoms with Crippen LogP contribution < -0.4 is 5.32 Å². The van der Waals surface area contributed by atoms with Crippen LogP contribution in [-0.4, -0.2) is 20.7 Å². The van der Waals surface area contributed by atoms with Crippen molar-refractivity contribution in [3.05, 3.63) is 82.2 Å². The summed E-state index contributed by atoms with van der Waals surface area (Å²) in [6.07, 6.45) is 6.33. The van der Waals surface area contributed by atoms with E-state index >= 15 is 0 Å². The lowest BCUT2D eigenvalue weighted by Crippen LogP contribution is -2.14. The Kier molecular flexibility index (Phi) is 5.48. The zero-order valence-electron chi connectivity index (χ0n) is 13.1. The molecule has 1 N–H and O–H groups in total. The number of anilines is 1. The van der Waals surface area contributed by atoms with Crippen molar-refractivity contribution < 1.29 is 4.79 Å². The molecule has 0 aliphatic carbocycles. The first-order chi connectivity index (χ1) is 12.1. The van der Waals surface area contributed by atoms with Gasteiger partial charge in [-0.1, -0.05) is 35.3 Å². The molecule has 0 spiro atoms. The highest BCUT2D eigenvalue weighted by Crippen LogP contribution is 2.25. The fourth-order valence-corrected chi connectivity index (χ4v) is 2.72. The standard InChI is InChI=1S/C18H14Cl2N4O/c19-15-5-3-6-16(20)14(15)12-24-17(9-11-22-24)23-18(25)8-7-13-4-1-2-10-21-13/h1-11H,12H2,(H,23,25). The normalized spacial score (nSPS) is 11.0. The molecule has 3 rings (SSSR count). The predicted octanol–water partition coefficient (Wildman–Crippen LogP) is 4.29. The molecule has 126 valence electrons. The molecule has 0 saturated carbocycles. The number of pyridine rings is 1. The summed E-state index contributed by atoms with van der Waals surface area (Å²) in [5.74, 6) is 0.268. The van der Waals surface area contributed by atoms with Gasteiger partial charge in [-0.15, -0.1) is 0 Å². The van der Waals surface area contributed by atoms with Gasteiger partial charge in [0.25, 0.3) is 0 Å². The average molecular weight is 373 g/mol. The molecule has 5 nitrogen and oxygen atoms in total. The van der Waals surface area contributed by atoms with E-state index < -0.39 is 0 Å². The third-order valence-corrected chi connectivity index (χ3v) is 4.14. The van der Waals surface area contributed by atoms with E-state index in [-0.39, 0.29) is 5.91 Å². The number of aromatic nitrogens is 3. The molecular weight excluding hydrogens is 359 g/mol. The van der Waals surface area contributed by atoms with E-state index in [1.807, 2.05) is 18.2 Å². The van der Waals surface area contributed by atoms with Crippen molar-refractivity contribution in [1.29, 1.82) is 0 Å². The van der Waals surface area contributed by atoms with Gasteiger partial charge in [0.15, 0.2) is 0 Å². The van der Waals surface area contributed by atoms with Gasteiger partial charge in [-0.25, -0.2) is 4.68 Å². The molecule has 1 amide bonds. The lowest BCUT2D eigenvalue weighted by molar-refractivity contribution is -0.111. The topological polar surface area (TPSA) is 59.8 Å². The third kappa shape index (κ3) is 4.47. The van der Waals surface area contributed by atoms with Crippen LogP contribution in [0.15, 0.2) is 60.9 Å². The summed E-state index contributed by atoms with van der Waals surface area (Å²) in [5, 5.41) is 8.10. The Labute approximate surface area is 154 Å². The number of nitrogens with one attached hydrogen (secondary N) is 1. The molecule has 1 aromatic carbocycles. The Bertz CT molecular complexity index is 886. The largest absolute Gasteiger partial charge is 0.307 e. The molecule has 0 bridgehead atoms. The van der Waals surface area contributed by atoms with Gasteiger partial charge in [-0.3, -0.25) is 9.78 Å². The van der Waals surface area contributed by atoms with Gasteiger partial charge in [-0.2, -0.15) is 5.10 Å². The van der Waals surface area contributed by atoms with Crippen molar-refractivity contribution in [1.82, 2.24) is 14.8 Å². The van der Waals surface area contributed by atoms with Gasteiger partial charge < -0.3 is 5.32 Å². The van der Waals surface area contributed by atoms with E-state index in [0.29, 0.717) is 28.1 Å². The van der Waals surface area contributed by atoms with Crippen molar-refractivity contribution in [3.8, 4) is 0 Å². The lowest BCUT2D eigenvalue weighted by atomic mass is 10.2. The Balaban J connectivity index is 1.72. The number of hydrogen-bond donors (Lipinski definition) is 1. The zero-order valence-corrected chi connectivity index (χ0v) is 14.6. The minimum Gasteiger partial charge on any atom is -0.307 e. The fraction of sp³-hybridized carbons (Fsp3) is 0.0556. The number of hydrogen-bond acceptors (Lipinski definition) is 3. The van der Waals surface area contributed by atoms with E-state index in [1.54, 1.807) is 47.4 Å². The fourth-order valence-electron chi connectivity index (χ4n) is 2.20. The van der Waals surface area contributed by atoms with E-state index in [9.17, 15) is 4.79 Å². The highest BCUT2D eigenvalue weighted by atomic mass is 35.5. The minimum atomic E-state index is -0.280. The predicted molar refractivity (Wildman–Crippen MR) is 99.7 cm³/mol. The summed E-state index contributed by atoms with van der Waals surface area (Å²) in [5.41, 5.74) is 1.45. The van der Waals surface area contributed by atoms with Crippen molar-refractivity contribution in [2.75, 3.05) is 5.32 Å². The maximum absolute atomic E-state index is 12.1. The van der Waals surface area contributed by atoms with Gasteiger partial charge in [-0.05, 0) is 30.3 Å². The quantitative estimate of drug-likeness (QED) is 0.679. The first-order valence-corrected chi connectivity index (χ1v) is 8.24. The van der Waals surface area contributed by atoms with Crippen LogP contribution in [0.25, 0.3) is 6.08 Å². The van der Waals surface area contributed by atoms with Crippen LogP contribution in [0.4, 0.5) is 5.82 Å². The van der Waals surface area contributed by atoms with Crippen LogP contribution in [-0.2, 0) is 11.3 Å². The molecule has 2 heterocycles. The highest BCUT2D eigenvalue weighted by molar-refractivity contribution is 6.36. The molecule has 0 saturated heterocycles. The van der Waals surface area contributed by atoms with E-state index in [0.717, 1.165) is 5.56 Å². The van der Waals surface area contributed by atoms with Crippen molar-refractivity contribution in [3.63, 3.8) is 0 Å². The maximum atomic E-state index is 12.1. The summed E-state index contributed by atoms with van der Waals surface area (Å²) >= 11 is 12.4. The van der Waals surface area contributed by atoms with E-state index in [4.69, 9.17) is 23.2 Å². The van der Waals surface area contributed by atoms with Gasteiger partial charge in [0, 0.05) is 33.9 Å². The number of carbonyl (C=O) groups excluding carboxylic acids is 1. The molecule has 0 atom stereocenters. The first kappa shape index (κ1) is 17.2. The highest BCUT2D eigenvalue weighted by Gasteiger charge is 2.10. The molecule has 0 aliphatic heterocycles. The second-order valence-electron chi connectivity index (χ2n) is 5.15. The Morgan fingerprint density at radius 2 is 1.88 bits per heavy atom. The van der Waals surface area contributed by atoms with Crippen LogP contribution in [0.5, 0.6) is 0 Å². The van der Waals surface area contributed by atoms with E-state index in [1.165, 1.54) is 6.08 Å². The molecule has 7 heteroatoms. The molecular formula is C18H14Cl2N4O. The maximum Gasteiger partial charge on any atom is 0.249 e. The molecule has 0 fully saturated rings. The smallest absolute Gasteiger partial charge is 0.249 e. The molecule has 25 heavy (non-hydrogen) atoms. The number of benzene rings is 1. The zero-order chi connectivity index (χ0) is 17.6.